The van der Waals surface area contributed by atoms with Crippen LogP contribution < -0.4 is 10.6 Å². The van der Waals surface area contributed by atoms with Crippen molar-refractivity contribution in [1.29, 1.82) is 0 Å². The van der Waals surface area contributed by atoms with E-state index < -0.39 is 0 Å². The topological polar surface area (TPSA) is 24.1 Å². The van der Waals surface area contributed by atoms with Crippen molar-refractivity contribution in [1.82, 2.24) is 0 Å². The highest BCUT2D eigenvalue weighted by Crippen LogP contribution is 2.29. The van der Waals surface area contributed by atoms with Crippen LogP contribution in [0.25, 0.3) is 11.4 Å². The highest BCUT2D eigenvalue weighted by atomic mass is 15.0. The van der Waals surface area contributed by atoms with E-state index in [2.05, 4.69) is 83.4 Å². The first-order valence-electron chi connectivity index (χ1n) is 9.39. The van der Waals surface area contributed by atoms with E-state index in [1.54, 1.807) is 0 Å². The summed E-state index contributed by atoms with van der Waals surface area (Å²) in [5, 5.41) is 7.26. The van der Waals surface area contributed by atoms with E-state index >= 15 is 0 Å². The van der Waals surface area contributed by atoms with Crippen LogP contribution >= 0.6 is 0 Å². The van der Waals surface area contributed by atoms with E-state index in [4.69, 9.17) is 0 Å². The van der Waals surface area contributed by atoms with Crippen molar-refractivity contribution in [2.75, 3.05) is 10.6 Å². The second-order valence-corrected chi connectivity index (χ2v) is 6.46. The molecule has 0 amide bonds. The van der Waals surface area contributed by atoms with Crippen molar-refractivity contribution in [2.45, 2.75) is 0 Å². The average molecular weight is 362 g/mol. The van der Waals surface area contributed by atoms with Gasteiger partial charge >= 0.3 is 0 Å². The smallest absolute Gasteiger partial charge is 0.0703 e. The van der Waals surface area contributed by atoms with E-state index in [0.717, 1.165) is 33.9 Å². The molecule has 136 valence electrons. The molecule has 0 spiro atoms. The van der Waals surface area contributed by atoms with Crippen LogP contribution in [0.4, 0.5) is 11.4 Å². The lowest BCUT2D eigenvalue weighted by Gasteiger charge is -2.20. The van der Waals surface area contributed by atoms with Gasteiger partial charge in [0.05, 0.1) is 11.4 Å². The van der Waals surface area contributed by atoms with E-state index in [9.17, 15) is 0 Å². The summed E-state index contributed by atoms with van der Waals surface area (Å²) in [7, 11) is 0. The molecule has 2 nitrogen and oxygen atoms in total. The molecule has 28 heavy (non-hydrogen) atoms. The first-order valence-corrected chi connectivity index (χ1v) is 9.39. The molecule has 2 N–H and O–H groups in total. The van der Waals surface area contributed by atoms with Crippen molar-refractivity contribution in [3.63, 3.8) is 0 Å². The molecule has 0 atom stereocenters. The van der Waals surface area contributed by atoms with Crippen LogP contribution in [0.5, 0.6) is 0 Å². The van der Waals surface area contributed by atoms with Crippen LogP contribution in [0, 0.1) is 0 Å². The van der Waals surface area contributed by atoms with Crippen LogP contribution in [0.1, 0.15) is 11.1 Å². The van der Waals surface area contributed by atoms with Gasteiger partial charge in [-0.25, -0.2) is 0 Å². The van der Waals surface area contributed by atoms with E-state index in [-0.39, 0.29) is 0 Å². The summed E-state index contributed by atoms with van der Waals surface area (Å²) in [6.45, 7) is 0. The average Bonchev–Trinajstić information content (AvgIpc) is 2.79. The quantitative estimate of drug-likeness (QED) is 0.371. The molecule has 0 aliphatic heterocycles. The van der Waals surface area contributed by atoms with E-state index in [1.165, 1.54) is 0 Å². The molecule has 0 aliphatic rings. The minimum Gasteiger partial charge on any atom is -0.353 e. The van der Waals surface area contributed by atoms with Crippen LogP contribution in [0.15, 0.2) is 121 Å². The van der Waals surface area contributed by atoms with Gasteiger partial charge in [0.1, 0.15) is 0 Å². The van der Waals surface area contributed by atoms with E-state index in [0.29, 0.717) is 0 Å². The van der Waals surface area contributed by atoms with Gasteiger partial charge in [-0.1, -0.05) is 97.1 Å². The van der Waals surface area contributed by atoms with Gasteiger partial charge in [0, 0.05) is 22.5 Å². The summed E-state index contributed by atoms with van der Waals surface area (Å²) in [4.78, 5) is 0. The Morgan fingerprint density at radius 1 is 0.357 bits per heavy atom. The molecule has 0 bridgehead atoms. The van der Waals surface area contributed by atoms with Crippen molar-refractivity contribution in [2.24, 2.45) is 0 Å². The Bertz CT molecular complexity index is 938. The zero-order valence-electron chi connectivity index (χ0n) is 15.5. The molecule has 0 saturated carbocycles. The summed E-state index contributed by atoms with van der Waals surface area (Å²) in [5.74, 6) is 0. The minimum atomic E-state index is 1.03. The monoisotopic (exact) mass is 362 g/mol. The molecule has 4 rings (SSSR count). The van der Waals surface area contributed by atoms with Crippen LogP contribution in [0.2, 0.25) is 0 Å². The van der Waals surface area contributed by atoms with Gasteiger partial charge in [-0.3, -0.25) is 0 Å². The number of hydrogen-bond donors (Lipinski definition) is 2. The summed E-state index contributed by atoms with van der Waals surface area (Å²) < 4.78 is 0. The highest BCUT2D eigenvalue weighted by molar-refractivity contribution is 5.99. The zero-order chi connectivity index (χ0) is 19.0. The van der Waals surface area contributed by atoms with Gasteiger partial charge < -0.3 is 10.6 Å². The molecule has 2 heteroatoms. The second-order valence-electron chi connectivity index (χ2n) is 6.46. The van der Waals surface area contributed by atoms with Crippen molar-refractivity contribution < 1.29 is 0 Å². The molecule has 0 aromatic heterocycles. The summed E-state index contributed by atoms with van der Waals surface area (Å²) in [6, 6.07) is 41.3. The number of para-hydroxylation sites is 2. The fourth-order valence-corrected chi connectivity index (χ4v) is 3.10. The largest absolute Gasteiger partial charge is 0.353 e. The summed E-state index contributed by atoms with van der Waals surface area (Å²) in [5.41, 5.74) is 6.39. The molecule has 0 saturated heterocycles. The maximum atomic E-state index is 3.63. The standard InChI is InChI=1S/C26H22N2/c1-5-13-21(14-6-1)25(27-23-17-9-3-10-18-23)26(22-15-7-2-8-16-22)28-24-19-11-4-12-20-24/h1-20,27-28H. The number of rotatable bonds is 6. The number of benzene rings is 4. The molecule has 0 unspecified atom stereocenters. The van der Waals surface area contributed by atoms with Gasteiger partial charge in [0.2, 0.25) is 0 Å². The first-order chi connectivity index (χ1) is 13.9. The third kappa shape index (κ3) is 4.30. The first kappa shape index (κ1) is 17.6. The lowest BCUT2D eigenvalue weighted by atomic mass is 10.0. The normalized spacial score (nSPS) is 11.4. The highest BCUT2D eigenvalue weighted by Gasteiger charge is 2.13. The van der Waals surface area contributed by atoms with Crippen molar-refractivity contribution >= 4 is 22.8 Å². The van der Waals surface area contributed by atoms with Crippen LogP contribution in [-0.4, -0.2) is 0 Å². The maximum Gasteiger partial charge on any atom is 0.0703 e. The predicted molar refractivity (Wildman–Crippen MR) is 120 cm³/mol. The van der Waals surface area contributed by atoms with E-state index in [1.807, 2.05) is 48.5 Å². The van der Waals surface area contributed by atoms with Crippen molar-refractivity contribution in [3.8, 4) is 0 Å². The molecular formula is C26H22N2. The molecule has 0 fully saturated rings. The minimum absolute atomic E-state index is 1.03. The SMILES string of the molecule is c1ccc(NC(=C(Nc2ccccc2)c2ccccc2)c2ccccc2)cc1. The number of nitrogens with one attached hydrogen (secondary N) is 2. The fourth-order valence-electron chi connectivity index (χ4n) is 3.10. The van der Waals surface area contributed by atoms with Crippen molar-refractivity contribution in [3.05, 3.63) is 132 Å². The van der Waals surface area contributed by atoms with Gasteiger partial charge in [0.25, 0.3) is 0 Å². The Balaban J connectivity index is 1.88. The Labute approximate surface area is 166 Å². The Morgan fingerprint density at radius 2 is 0.643 bits per heavy atom. The third-order valence-electron chi connectivity index (χ3n) is 4.46. The molecule has 4 aromatic rings. The Morgan fingerprint density at radius 3 is 0.964 bits per heavy atom. The van der Waals surface area contributed by atoms with Gasteiger partial charge in [-0.2, -0.15) is 0 Å². The second kappa shape index (κ2) is 8.74. The Hall–Kier alpha value is -3.78. The zero-order valence-corrected chi connectivity index (χ0v) is 15.5. The lowest BCUT2D eigenvalue weighted by molar-refractivity contribution is 1.48. The summed E-state index contributed by atoms with van der Waals surface area (Å²) in [6.07, 6.45) is 0. The summed E-state index contributed by atoms with van der Waals surface area (Å²) >= 11 is 0. The number of anilines is 2. The van der Waals surface area contributed by atoms with Crippen LogP contribution in [0.3, 0.4) is 0 Å². The molecule has 4 aromatic carbocycles. The molecular weight excluding hydrogens is 340 g/mol. The molecule has 0 radical (unpaired) electrons. The fraction of sp³-hybridized carbons (Fsp3) is 0. The molecule has 0 aliphatic carbocycles. The lowest BCUT2D eigenvalue weighted by Crippen LogP contribution is -2.09. The Kier molecular flexibility index (Phi) is 5.50. The van der Waals surface area contributed by atoms with Gasteiger partial charge in [-0.05, 0) is 24.3 Å². The maximum absolute atomic E-state index is 3.63. The predicted octanol–water partition coefficient (Wildman–Crippen LogP) is 6.74. The van der Waals surface area contributed by atoms with Crippen LogP contribution in [-0.2, 0) is 0 Å². The molecule has 0 heterocycles. The number of hydrogen-bond acceptors (Lipinski definition) is 2. The third-order valence-corrected chi connectivity index (χ3v) is 4.46. The van der Waals surface area contributed by atoms with Gasteiger partial charge in [-0.15, -0.1) is 0 Å². The van der Waals surface area contributed by atoms with Gasteiger partial charge in [0.15, 0.2) is 0 Å².